The third-order valence-electron chi connectivity index (χ3n) is 5.53. The fraction of sp³-hybridized carbons (Fsp3) is 0.524. The monoisotopic (exact) mass is 406 g/mol. The van der Waals surface area contributed by atoms with Crippen molar-refractivity contribution in [3.63, 3.8) is 0 Å². The number of nitrogens with zero attached hydrogens (tertiary/aromatic N) is 3. The second-order valence-corrected chi connectivity index (χ2v) is 7.82. The maximum absolute atomic E-state index is 12.5. The largest absolute Gasteiger partial charge is 0.573 e. The van der Waals surface area contributed by atoms with Gasteiger partial charge in [0.05, 0.1) is 0 Å². The highest BCUT2D eigenvalue weighted by Gasteiger charge is 2.31. The van der Waals surface area contributed by atoms with Gasteiger partial charge in [-0.15, -0.1) is 13.2 Å². The quantitative estimate of drug-likeness (QED) is 0.775. The van der Waals surface area contributed by atoms with Gasteiger partial charge in [0.2, 0.25) is 5.95 Å². The van der Waals surface area contributed by atoms with Crippen LogP contribution in [0.1, 0.15) is 48.9 Å². The number of ether oxygens (including phenoxy) is 1. The number of fused-ring (bicyclic) bond motifs is 1. The fourth-order valence-electron chi connectivity index (χ4n) is 4.13. The molecule has 0 bridgehead atoms. The van der Waals surface area contributed by atoms with E-state index in [1.807, 2.05) is 13.0 Å². The van der Waals surface area contributed by atoms with Gasteiger partial charge in [-0.1, -0.05) is 25.3 Å². The van der Waals surface area contributed by atoms with Crippen molar-refractivity contribution in [2.45, 2.75) is 64.4 Å². The van der Waals surface area contributed by atoms with Crippen molar-refractivity contribution in [3.05, 3.63) is 41.1 Å². The van der Waals surface area contributed by atoms with Crippen molar-refractivity contribution < 1.29 is 17.9 Å². The summed E-state index contributed by atoms with van der Waals surface area (Å²) in [6.45, 7) is 3.18. The van der Waals surface area contributed by atoms with Gasteiger partial charge in [0, 0.05) is 30.9 Å². The van der Waals surface area contributed by atoms with Gasteiger partial charge in [0.1, 0.15) is 11.6 Å². The highest BCUT2D eigenvalue weighted by Crippen LogP contribution is 2.30. The smallest absolute Gasteiger partial charge is 0.406 e. The van der Waals surface area contributed by atoms with Gasteiger partial charge in [-0.2, -0.15) is 4.98 Å². The minimum absolute atomic E-state index is 0.184. The Balaban J connectivity index is 1.51. The number of rotatable bonds is 4. The molecular formula is C21H25F3N4O. The molecule has 0 amide bonds. The molecule has 29 heavy (non-hydrogen) atoms. The molecule has 5 nitrogen and oxygen atoms in total. The lowest BCUT2D eigenvalue weighted by atomic mass is 9.96. The summed E-state index contributed by atoms with van der Waals surface area (Å²) in [5.41, 5.74) is 2.74. The summed E-state index contributed by atoms with van der Waals surface area (Å²) in [5.74, 6) is 1.24. The number of anilines is 2. The number of hydrogen-bond acceptors (Lipinski definition) is 5. The molecule has 2 aliphatic rings. The molecular weight excluding hydrogens is 381 g/mol. The van der Waals surface area contributed by atoms with Crippen molar-refractivity contribution in [1.29, 1.82) is 0 Å². The van der Waals surface area contributed by atoms with Crippen molar-refractivity contribution >= 4 is 11.8 Å². The third kappa shape index (κ3) is 5.10. The predicted octanol–water partition coefficient (Wildman–Crippen LogP) is 4.99. The van der Waals surface area contributed by atoms with Crippen molar-refractivity contribution in [2.75, 3.05) is 16.8 Å². The Hall–Kier alpha value is -2.51. The van der Waals surface area contributed by atoms with E-state index < -0.39 is 6.36 Å². The SMILES string of the molecule is Cc1cc(N2CCc3ccc(OC(F)(F)F)cc3C2)nc(NC2CCCCC2)n1. The highest BCUT2D eigenvalue weighted by atomic mass is 19.4. The van der Waals surface area contributed by atoms with Crippen LogP contribution in [0.5, 0.6) is 5.75 Å². The minimum atomic E-state index is -4.69. The van der Waals surface area contributed by atoms with E-state index in [4.69, 9.17) is 4.98 Å². The summed E-state index contributed by atoms with van der Waals surface area (Å²) in [7, 11) is 0. The van der Waals surface area contributed by atoms with E-state index in [1.54, 1.807) is 6.07 Å². The summed E-state index contributed by atoms with van der Waals surface area (Å²) in [6.07, 6.45) is 2.05. The van der Waals surface area contributed by atoms with E-state index in [2.05, 4.69) is 19.9 Å². The van der Waals surface area contributed by atoms with Crippen LogP contribution >= 0.6 is 0 Å². The molecule has 1 aliphatic heterocycles. The Bertz CT molecular complexity index is 865. The molecule has 156 valence electrons. The van der Waals surface area contributed by atoms with Gasteiger partial charge in [0.25, 0.3) is 0 Å². The van der Waals surface area contributed by atoms with Gasteiger partial charge in [0.15, 0.2) is 0 Å². The lowest BCUT2D eigenvalue weighted by molar-refractivity contribution is -0.274. The lowest BCUT2D eigenvalue weighted by Crippen LogP contribution is -2.32. The number of halogens is 3. The zero-order valence-electron chi connectivity index (χ0n) is 16.4. The number of nitrogens with one attached hydrogen (secondary N) is 1. The number of benzene rings is 1. The number of hydrogen-bond donors (Lipinski definition) is 1. The normalized spacial score (nSPS) is 17.7. The molecule has 0 spiro atoms. The molecule has 1 aromatic carbocycles. The zero-order chi connectivity index (χ0) is 20.4. The summed E-state index contributed by atoms with van der Waals surface area (Å²) < 4.78 is 41.7. The molecule has 1 aliphatic carbocycles. The summed E-state index contributed by atoms with van der Waals surface area (Å²) >= 11 is 0. The molecule has 8 heteroatoms. The van der Waals surface area contributed by atoms with Crippen LogP contribution in [0.4, 0.5) is 24.9 Å². The van der Waals surface area contributed by atoms with E-state index in [1.165, 1.54) is 31.4 Å². The Labute approximate surface area is 168 Å². The minimum Gasteiger partial charge on any atom is -0.406 e. The molecule has 0 saturated heterocycles. The Morgan fingerprint density at radius 1 is 1.07 bits per heavy atom. The second kappa shape index (κ2) is 8.08. The van der Waals surface area contributed by atoms with Crippen LogP contribution < -0.4 is 15.0 Å². The molecule has 0 unspecified atom stereocenters. The molecule has 2 heterocycles. The van der Waals surface area contributed by atoms with Crippen LogP contribution in [0.15, 0.2) is 24.3 Å². The van der Waals surface area contributed by atoms with Gasteiger partial charge < -0.3 is 15.0 Å². The second-order valence-electron chi connectivity index (χ2n) is 7.82. The maximum Gasteiger partial charge on any atom is 0.573 e. The van der Waals surface area contributed by atoms with E-state index >= 15 is 0 Å². The zero-order valence-corrected chi connectivity index (χ0v) is 16.4. The third-order valence-corrected chi connectivity index (χ3v) is 5.53. The van der Waals surface area contributed by atoms with Crippen LogP contribution in [0.25, 0.3) is 0 Å². The molecule has 1 N–H and O–H groups in total. The lowest BCUT2D eigenvalue weighted by Gasteiger charge is -2.31. The standard InChI is InChI=1S/C21H25F3N4O/c1-14-11-19(27-20(25-14)26-17-5-3-2-4-6-17)28-10-9-15-7-8-18(12-16(15)13-28)29-21(22,23)24/h7-8,11-12,17H,2-6,9-10,13H2,1H3,(H,25,26,27). The van der Waals surface area contributed by atoms with E-state index in [-0.39, 0.29) is 5.75 Å². The van der Waals surface area contributed by atoms with E-state index in [0.29, 0.717) is 18.5 Å². The van der Waals surface area contributed by atoms with E-state index in [0.717, 1.165) is 48.4 Å². The van der Waals surface area contributed by atoms with Gasteiger partial charge in [-0.05, 0) is 49.4 Å². The first-order valence-corrected chi connectivity index (χ1v) is 10.1. The van der Waals surface area contributed by atoms with Crippen molar-refractivity contribution in [2.24, 2.45) is 0 Å². The van der Waals surface area contributed by atoms with Crippen LogP contribution in [-0.4, -0.2) is 28.9 Å². The molecule has 0 radical (unpaired) electrons. The molecule has 1 aromatic heterocycles. The molecule has 4 rings (SSSR count). The van der Waals surface area contributed by atoms with Crippen molar-refractivity contribution in [1.82, 2.24) is 9.97 Å². The van der Waals surface area contributed by atoms with E-state index in [9.17, 15) is 13.2 Å². The van der Waals surface area contributed by atoms with Crippen LogP contribution in [0.3, 0.4) is 0 Å². The molecule has 0 atom stereocenters. The van der Waals surface area contributed by atoms with Gasteiger partial charge >= 0.3 is 6.36 Å². The highest BCUT2D eigenvalue weighted by molar-refractivity contribution is 5.49. The summed E-state index contributed by atoms with van der Waals surface area (Å²) in [5, 5.41) is 3.46. The Morgan fingerprint density at radius 3 is 2.62 bits per heavy atom. The number of alkyl halides is 3. The number of aromatic nitrogens is 2. The fourth-order valence-corrected chi connectivity index (χ4v) is 4.13. The average molecular weight is 406 g/mol. The number of aryl methyl sites for hydroxylation is 1. The Kier molecular flexibility index (Phi) is 5.52. The first-order chi connectivity index (χ1) is 13.9. The van der Waals surface area contributed by atoms with Crippen LogP contribution in [0.2, 0.25) is 0 Å². The average Bonchev–Trinajstić information content (AvgIpc) is 2.66. The van der Waals surface area contributed by atoms with Gasteiger partial charge in [-0.25, -0.2) is 4.98 Å². The van der Waals surface area contributed by atoms with Crippen LogP contribution in [0, 0.1) is 6.92 Å². The summed E-state index contributed by atoms with van der Waals surface area (Å²) in [4.78, 5) is 11.3. The molecule has 2 aromatic rings. The topological polar surface area (TPSA) is 50.3 Å². The first kappa shape index (κ1) is 19.8. The van der Waals surface area contributed by atoms with Gasteiger partial charge in [-0.3, -0.25) is 0 Å². The van der Waals surface area contributed by atoms with Crippen LogP contribution in [-0.2, 0) is 13.0 Å². The summed E-state index contributed by atoms with van der Waals surface area (Å²) in [6, 6.07) is 6.90. The van der Waals surface area contributed by atoms with Crippen molar-refractivity contribution in [3.8, 4) is 5.75 Å². The maximum atomic E-state index is 12.5. The predicted molar refractivity (Wildman–Crippen MR) is 105 cm³/mol. The molecule has 1 saturated carbocycles. The first-order valence-electron chi connectivity index (χ1n) is 10.1. The Morgan fingerprint density at radius 2 is 1.86 bits per heavy atom. The molecule has 1 fully saturated rings.